The third kappa shape index (κ3) is 3.63. The van der Waals surface area contributed by atoms with Crippen LogP contribution in [0.3, 0.4) is 0 Å². The summed E-state index contributed by atoms with van der Waals surface area (Å²) in [4.78, 5) is 11.5. The molecule has 0 spiro atoms. The minimum Gasteiger partial charge on any atom is -0.386 e. The molecule has 0 fully saturated rings. The molecule has 0 aliphatic carbocycles. The maximum atomic E-state index is 11.9. The molecule has 0 aromatic heterocycles. The second kappa shape index (κ2) is 5.60. The molecule has 0 aliphatic heterocycles. The van der Waals surface area contributed by atoms with Crippen LogP contribution in [0, 0.1) is 6.92 Å². The molecule has 0 bridgehead atoms. The fourth-order valence-electron chi connectivity index (χ4n) is 1.44. The lowest BCUT2D eigenvalue weighted by atomic mass is 10.1. The number of hydrogen-bond donors (Lipinski definition) is 2. The van der Waals surface area contributed by atoms with Gasteiger partial charge in [-0.05, 0) is 32.9 Å². The lowest BCUT2D eigenvalue weighted by Gasteiger charge is -2.14. The van der Waals surface area contributed by atoms with E-state index in [2.05, 4.69) is 4.72 Å². The zero-order chi connectivity index (χ0) is 13.9. The highest BCUT2D eigenvalue weighted by Gasteiger charge is 2.24. The van der Waals surface area contributed by atoms with Crippen LogP contribution in [-0.2, 0) is 14.8 Å². The van der Waals surface area contributed by atoms with Gasteiger partial charge in [0.15, 0.2) is 5.78 Å². The molecule has 100 valence electrons. The Balaban J connectivity index is 2.89. The largest absolute Gasteiger partial charge is 0.386 e. The van der Waals surface area contributed by atoms with Crippen molar-refractivity contribution in [2.24, 2.45) is 0 Å². The zero-order valence-corrected chi connectivity index (χ0v) is 11.4. The second-order valence-corrected chi connectivity index (χ2v) is 5.95. The number of benzene rings is 1. The Hall–Kier alpha value is -1.24. The first kappa shape index (κ1) is 14.8. The molecule has 1 aromatic carbocycles. The fourth-order valence-corrected chi connectivity index (χ4v) is 2.65. The van der Waals surface area contributed by atoms with Crippen LogP contribution in [0.5, 0.6) is 0 Å². The van der Waals surface area contributed by atoms with E-state index in [-0.39, 0.29) is 4.90 Å². The fraction of sp³-hybridized carbons (Fsp3) is 0.417. The van der Waals surface area contributed by atoms with Crippen molar-refractivity contribution in [3.8, 4) is 0 Å². The summed E-state index contributed by atoms with van der Waals surface area (Å²) < 4.78 is 26.1. The van der Waals surface area contributed by atoms with Crippen LogP contribution in [0.4, 0.5) is 0 Å². The summed E-state index contributed by atoms with van der Waals surface area (Å²) in [6.45, 7) is 4.56. The van der Waals surface area contributed by atoms with Crippen molar-refractivity contribution in [1.29, 1.82) is 0 Å². The Morgan fingerprint density at radius 1 is 1.22 bits per heavy atom. The number of aliphatic hydroxyl groups excluding tert-OH is 1. The number of sulfonamides is 1. The number of Topliss-reactive ketones (excluding diaryl/α,β-unsaturated/α-hetero) is 1. The Labute approximate surface area is 107 Å². The molecular formula is C12H17NO4S. The van der Waals surface area contributed by atoms with Gasteiger partial charge in [-0.1, -0.05) is 17.7 Å². The molecule has 0 aliphatic rings. The molecule has 0 saturated heterocycles. The van der Waals surface area contributed by atoms with E-state index in [0.29, 0.717) is 0 Å². The van der Waals surface area contributed by atoms with Crippen LogP contribution in [0.25, 0.3) is 0 Å². The number of aliphatic hydroxyl groups is 1. The van der Waals surface area contributed by atoms with Crippen LogP contribution in [-0.4, -0.2) is 31.5 Å². The highest BCUT2D eigenvalue weighted by Crippen LogP contribution is 2.10. The second-order valence-electron chi connectivity index (χ2n) is 4.23. The maximum Gasteiger partial charge on any atom is 0.241 e. The van der Waals surface area contributed by atoms with Gasteiger partial charge in [0.2, 0.25) is 10.0 Å². The molecule has 5 nitrogen and oxygen atoms in total. The van der Waals surface area contributed by atoms with E-state index in [0.717, 1.165) is 5.56 Å². The predicted octanol–water partition coefficient (Wildman–Crippen LogP) is 0.612. The summed E-state index contributed by atoms with van der Waals surface area (Å²) in [6, 6.07) is 5.33. The van der Waals surface area contributed by atoms with Gasteiger partial charge in [-0.2, -0.15) is 0 Å². The molecule has 1 aromatic rings. The molecule has 0 radical (unpaired) electrons. The van der Waals surface area contributed by atoms with E-state index in [9.17, 15) is 13.2 Å². The van der Waals surface area contributed by atoms with Crippen LogP contribution >= 0.6 is 0 Å². The molecule has 0 saturated carbocycles. The first-order valence-electron chi connectivity index (χ1n) is 5.55. The van der Waals surface area contributed by atoms with Crippen LogP contribution in [0.2, 0.25) is 0 Å². The zero-order valence-electron chi connectivity index (χ0n) is 10.5. The van der Waals surface area contributed by atoms with Crippen molar-refractivity contribution in [3.63, 3.8) is 0 Å². The predicted molar refractivity (Wildman–Crippen MR) is 67.7 cm³/mol. The normalized spacial score (nSPS) is 15.1. The Bertz CT molecular complexity index is 520. The summed E-state index contributed by atoms with van der Waals surface area (Å²) >= 11 is 0. The lowest BCUT2D eigenvalue weighted by molar-refractivity contribution is -0.127. The number of carbonyl (C=O) groups excluding carboxylic acids is 1. The van der Waals surface area contributed by atoms with Crippen molar-refractivity contribution in [3.05, 3.63) is 29.8 Å². The Morgan fingerprint density at radius 3 is 2.17 bits per heavy atom. The minimum absolute atomic E-state index is 0.0957. The highest BCUT2D eigenvalue weighted by atomic mass is 32.2. The first-order valence-corrected chi connectivity index (χ1v) is 7.03. The Kier molecular flexibility index (Phi) is 4.61. The van der Waals surface area contributed by atoms with Gasteiger partial charge in [0.25, 0.3) is 0 Å². The molecule has 2 atom stereocenters. The molecular weight excluding hydrogens is 254 g/mol. The number of aryl methyl sites for hydroxylation is 1. The molecule has 1 rings (SSSR count). The smallest absolute Gasteiger partial charge is 0.241 e. The molecule has 6 heteroatoms. The van der Waals surface area contributed by atoms with Crippen LogP contribution in [0.15, 0.2) is 29.2 Å². The summed E-state index contributed by atoms with van der Waals surface area (Å²) in [6.07, 6.45) is -1.19. The maximum absolute atomic E-state index is 11.9. The van der Waals surface area contributed by atoms with E-state index in [1.54, 1.807) is 12.1 Å². The van der Waals surface area contributed by atoms with E-state index < -0.39 is 28.0 Å². The molecule has 2 N–H and O–H groups in total. The third-order valence-corrected chi connectivity index (χ3v) is 4.06. The number of ketones is 1. The molecule has 0 heterocycles. The minimum atomic E-state index is -3.74. The summed E-state index contributed by atoms with van der Waals surface area (Å²) in [7, 11) is -3.74. The number of rotatable bonds is 5. The van der Waals surface area contributed by atoms with E-state index in [1.165, 1.54) is 26.0 Å². The average Bonchev–Trinajstić information content (AvgIpc) is 2.27. The standard InChI is InChI=1S/C12H17NO4S/c1-8-4-6-11(7-5-8)18(16,17)13-9(2)12(15)10(3)14/h4-7,9-10,13-14H,1-3H3/t9-,10?/m0/s1. The SMILES string of the molecule is Cc1ccc(S(=O)(=O)N[C@@H](C)C(=O)C(C)O)cc1. The van der Waals surface area contributed by atoms with Gasteiger partial charge >= 0.3 is 0 Å². The summed E-state index contributed by atoms with van der Waals surface area (Å²) in [5, 5.41) is 9.11. The van der Waals surface area contributed by atoms with Gasteiger partial charge in [-0.3, -0.25) is 4.79 Å². The topological polar surface area (TPSA) is 83.5 Å². The monoisotopic (exact) mass is 271 g/mol. The quantitative estimate of drug-likeness (QED) is 0.822. The van der Waals surface area contributed by atoms with Gasteiger partial charge in [0.05, 0.1) is 10.9 Å². The van der Waals surface area contributed by atoms with Crippen molar-refractivity contribution in [2.45, 2.75) is 37.8 Å². The highest BCUT2D eigenvalue weighted by molar-refractivity contribution is 7.89. The number of hydrogen-bond acceptors (Lipinski definition) is 4. The van der Waals surface area contributed by atoms with Crippen molar-refractivity contribution >= 4 is 15.8 Å². The first-order chi connectivity index (χ1) is 8.24. The van der Waals surface area contributed by atoms with Crippen LogP contribution in [0.1, 0.15) is 19.4 Å². The third-order valence-electron chi connectivity index (χ3n) is 2.50. The van der Waals surface area contributed by atoms with Gasteiger partial charge in [0, 0.05) is 0 Å². The van der Waals surface area contributed by atoms with E-state index >= 15 is 0 Å². The van der Waals surface area contributed by atoms with Gasteiger partial charge < -0.3 is 5.11 Å². The van der Waals surface area contributed by atoms with Gasteiger partial charge in [-0.25, -0.2) is 13.1 Å². The Morgan fingerprint density at radius 2 is 1.72 bits per heavy atom. The van der Waals surface area contributed by atoms with Crippen LogP contribution < -0.4 is 4.72 Å². The van der Waals surface area contributed by atoms with Crippen molar-refractivity contribution in [2.75, 3.05) is 0 Å². The van der Waals surface area contributed by atoms with Crippen molar-refractivity contribution < 1.29 is 18.3 Å². The van der Waals surface area contributed by atoms with Crippen molar-refractivity contribution in [1.82, 2.24) is 4.72 Å². The summed E-state index contributed by atoms with van der Waals surface area (Å²) in [5.74, 6) is -0.564. The van der Waals surface area contributed by atoms with Gasteiger partial charge in [-0.15, -0.1) is 0 Å². The van der Waals surface area contributed by atoms with E-state index in [4.69, 9.17) is 5.11 Å². The molecule has 18 heavy (non-hydrogen) atoms. The van der Waals surface area contributed by atoms with Gasteiger partial charge in [0.1, 0.15) is 6.10 Å². The number of nitrogens with one attached hydrogen (secondary N) is 1. The lowest BCUT2D eigenvalue weighted by Crippen LogP contribution is -2.42. The average molecular weight is 271 g/mol. The van der Waals surface area contributed by atoms with E-state index in [1.807, 2.05) is 6.92 Å². The number of carbonyl (C=O) groups is 1. The molecule has 1 unspecified atom stereocenters. The summed E-state index contributed by atoms with van der Waals surface area (Å²) in [5.41, 5.74) is 0.946. The molecule has 0 amide bonds.